The molecule has 0 heterocycles. The van der Waals surface area contributed by atoms with Crippen molar-refractivity contribution in [1.82, 2.24) is 0 Å². The smallest absolute Gasteiger partial charge is 0.0723 e. The van der Waals surface area contributed by atoms with Crippen molar-refractivity contribution in [3.05, 3.63) is 0 Å². The summed E-state index contributed by atoms with van der Waals surface area (Å²) < 4.78 is 12.1. The second kappa shape index (κ2) is 16.8. The lowest BCUT2D eigenvalue weighted by Gasteiger charge is -2.24. The number of rotatable bonds is 16. The monoisotopic (exact) mass is 414 g/mol. The fourth-order valence-corrected chi connectivity index (χ4v) is 14.3. The lowest BCUT2D eigenvalue weighted by molar-refractivity contribution is 0.129. The first-order valence-electron chi connectivity index (χ1n) is 9.32. The maximum Gasteiger partial charge on any atom is 0.0723 e. The molecule has 0 aliphatic rings. The first-order chi connectivity index (χ1) is 11.2. The standard InChI is InChI=1S/C16H38O2S3Si2/c1-7-17-15(22(9-3)10-4)13-19-21-20-14-16(18-8-2)23(11-5)12-6/h15-16,22-23H,7-14H2,1-6H3. The molecule has 0 aromatic carbocycles. The van der Waals surface area contributed by atoms with Crippen molar-refractivity contribution in [1.29, 1.82) is 0 Å². The van der Waals surface area contributed by atoms with Gasteiger partial charge in [0.05, 0.1) is 29.0 Å². The molecule has 0 spiro atoms. The molecule has 0 aliphatic carbocycles. The number of hydrogen-bond acceptors (Lipinski definition) is 5. The van der Waals surface area contributed by atoms with E-state index in [9.17, 15) is 0 Å². The molecule has 23 heavy (non-hydrogen) atoms. The van der Waals surface area contributed by atoms with Gasteiger partial charge in [0.15, 0.2) is 0 Å². The molecule has 2 unspecified atom stereocenters. The van der Waals surface area contributed by atoms with E-state index in [0.717, 1.165) is 24.7 Å². The quantitative estimate of drug-likeness (QED) is 0.190. The summed E-state index contributed by atoms with van der Waals surface area (Å²) in [4.78, 5) is 0. The van der Waals surface area contributed by atoms with Gasteiger partial charge in [0.2, 0.25) is 0 Å². The minimum Gasteiger partial charge on any atom is -0.381 e. The molecule has 2 atom stereocenters. The van der Waals surface area contributed by atoms with Gasteiger partial charge in [-0.05, 0) is 23.7 Å². The summed E-state index contributed by atoms with van der Waals surface area (Å²) in [6.45, 7) is 15.3. The highest BCUT2D eigenvalue weighted by Crippen LogP contribution is 2.37. The summed E-state index contributed by atoms with van der Waals surface area (Å²) in [5, 5.41) is 0. The van der Waals surface area contributed by atoms with E-state index in [1.807, 2.05) is 31.4 Å². The molecule has 2 nitrogen and oxygen atoms in total. The molecule has 0 rings (SSSR count). The zero-order valence-electron chi connectivity index (χ0n) is 16.0. The highest BCUT2D eigenvalue weighted by atomic mass is 33.5. The highest BCUT2D eigenvalue weighted by Gasteiger charge is 2.22. The van der Waals surface area contributed by atoms with Gasteiger partial charge in [-0.2, -0.15) is 0 Å². The average molecular weight is 415 g/mol. The number of ether oxygens (including phenoxy) is 2. The Balaban J connectivity index is 4.10. The van der Waals surface area contributed by atoms with Crippen LogP contribution in [-0.4, -0.2) is 53.8 Å². The summed E-state index contributed by atoms with van der Waals surface area (Å²) in [6, 6.07) is 5.41. The predicted octanol–water partition coefficient (Wildman–Crippen LogP) is 5.44. The molecular formula is C16H38O2S3Si2. The third kappa shape index (κ3) is 10.9. The van der Waals surface area contributed by atoms with E-state index in [2.05, 4.69) is 41.5 Å². The molecule has 140 valence electrons. The van der Waals surface area contributed by atoms with E-state index < -0.39 is 17.6 Å². The lowest BCUT2D eigenvalue weighted by Crippen LogP contribution is -2.34. The third-order valence-electron chi connectivity index (χ3n) is 4.47. The van der Waals surface area contributed by atoms with Crippen molar-refractivity contribution in [2.75, 3.05) is 24.7 Å². The summed E-state index contributed by atoms with van der Waals surface area (Å²) in [5.41, 5.74) is 1.09. The Labute approximate surface area is 160 Å². The van der Waals surface area contributed by atoms with Crippen LogP contribution in [-0.2, 0) is 9.47 Å². The first kappa shape index (κ1) is 24.4. The van der Waals surface area contributed by atoms with Crippen molar-refractivity contribution in [3.8, 4) is 0 Å². The molecule has 0 amide bonds. The molecule has 0 aliphatic heterocycles. The lowest BCUT2D eigenvalue weighted by atomic mass is 10.8. The van der Waals surface area contributed by atoms with E-state index in [4.69, 9.17) is 9.47 Å². The van der Waals surface area contributed by atoms with Gasteiger partial charge in [-0.3, -0.25) is 0 Å². The topological polar surface area (TPSA) is 18.5 Å². The molecule has 0 N–H and O–H groups in total. The van der Waals surface area contributed by atoms with Crippen LogP contribution in [0.5, 0.6) is 0 Å². The van der Waals surface area contributed by atoms with Crippen molar-refractivity contribution in [2.45, 2.75) is 77.2 Å². The molecule has 0 aromatic heterocycles. The maximum atomic E-state index is 6.03. The van der Waals surface area contributed by atoms with Crippen LogP contribution in [0.15, 0.2) is 0 Å². The second-order valence-corrected chi connectivity index (χ2v) is 17.9. The Hall–Kier alpha value is 1.40. The van der Waals surface area contributed by atoms with Crippen LogP contribution in [0.25, 0.3) is 0 Å². The zero-order chi connectivity index (χ0) is 17.5. The molecule has 0 fully saturated rings. The van der Waals surface area contributed by atoms with Crippen LogP contribution in [0.1, 0.15) is 41.5 Å². The van der Waals surface area contributed by atoms with Gasteiger partial charge in [-0.15, -0.1) is 0 Å². The second-order valence-electron chi connectivity index (χ2n) is 5.78. The van der Waals surface area contributed by atoms with Gasteiger partial charge in [0.1, 0.15) is 0 Å². The fraction of sp³-hybridized carbons (Fsp3) is 1.00. The Kier molecular flexibility index (Phi) is 17.9. The van der Waals surface area contributed by atoms with Crippen molar-refractivity contribution < 1.29 is 9.47 Å². The molecular weight excluding hydrogens is 377 g/mol. The Morgan fingerprint density at radius 2 is 1.00 bits per heavy atom. The minimum atomic E-state index is -0.717. The van der Waals surface area contributed by atoms with E-state index in [1.165, 1.54) is 24.2 Å². The summed E-state index contributed by atoms with van der Waals surface area (Å²) in [5.74, 6) is 2.32. The number of hydrogen-bond donors (Lipinski definition) is 0. The largest absolute Gasteiger partial charge is 0.381 e. The van der Waals surface area contributed by atoms with Gasteiger partial charge >= 0.3 is 0 Å². The minimum absolute atomic E-state index is 0.546. The molecule has 0 saturated carbocycles. The zero-order valence-corrected chi connectivity index (χ0v) is 20.8. The third-order valence-corrected chi connectivity index (χ3v) is 16.6. The molecule has 7 heteroatoms. The summed E-state index contributed by atoms with van der Waals surface area (Å²) >= 11 is 0. The Bertz CT molecular complexity index is 231. The first-order valence-corrected chi connectivity index (χ1v) is 17.7. The Morgan fingerprint density at radius 3 is 1.26 bits per heavy atom. The molecule has 0 radical (unpaired) electrons. The van der Waals surface area contributed by atoms with Crippen molar-refractivity contribution in [3.63, 3.8) is 0 Å². The van der Waals surface area contributed by atoms with Crippen molar-refractivity contribution >= 4 is 49.0 Å². The summed E-state index contributed by atoms with van der Waals surface area (Å²) in [6.07, 6.45) is 0. The fourth-order valence-electron chi connectivity index (χ4n) is 2.92. The molecule has 0 saturated heterocycles. The van der Waals surface area contributed by atoms with E-state index in [1.54, 1.807) is 0 Å². The van der Waals surface area contributed by atoms with Crippen LogP contribution in [0, 0.1) is 0 Å². The van der Waals surface area contributed by atoms with Crippen LogP contribution in [0.3, 0.4) is 0 Å². The highest BCUT2D eigenvalue weighted by molar-refractivity contribution is 9.09. The van der Waals surface area contributed by atoms with Gasteiger partial charge in [-0.1, -0.05) is 73.5 Å². The van der Waals surface area contributed by atoms with Gasteiger partial charge in [0.25, 0.3) is 0 Å². The SMILES string of the molecule is CCOC(CSSSCC(OCC)[SiH](CC)CC)[SiH](CC)CC. The van der Waals surface area contributed by atoms with Crippen molar-refractivity contribution in [2.24, 2.45) is 0 Å². The molecule has 0 bridgehead atoms. The van der Waals surface area contributed by atoms with Crippen LogP contribution < -0.4 is 0 Å². The van der Waals surface area contributed by atoms with Gasteiger partial charge in [0, 0.05) is 24.7 Å². The average Bonchev–Trinajstić information content (AvgIpc) is 2.56. The van der Waals surface area contributed by atoms with E-state index in [0.29, 0.717) is 11.5 Å². The summed E-state index contributed by atoms with van der Waals surface area (Å²) in [7, 11) is 4.52. The maximum absolute atomic E-state index is 6.03. The normalized spacial score (nSPS) is 14.6. The predicted molar refractivity (Wildman–Crippen MR) is 120 cm³/mol. The van der Waals surface area contributed by atoms with Crippen LogP contribution in [0.4, 0.5) is 0 Å². The van der Waals surface area contributed by atoms with E-state index in [-0.39, 0.29) is 0 Å². The van der Waals surface area contributed by atoms with E-state index >= 15 is 0 Å². The van der Waals surface area contributed by atoms with Gasteiger partial charge in [-0.25, -0.2) is 0 Å². The van der Waals surface area contributed by atoms with Crippen LogP contribution in [0.2, 0.25) is 24.2 Å². The van der Waals surface area contributed by atoms with Crippen LogP contribution >= 0.6 is 31.4 Å². The van der Waals surface area contributed by atoms with Gasteiger partial charge < -0.3 is 9.47 Å². The Morgan fingerprint density at radius 1 is 0.652 bits per heavy atom. The molecule has 0 aromatic rings.